The molecule has 0 aromatic heterocycles. The van der Waals surface area contributed by atoms with E-state index in [0.29, 0.717) is 0 Å². The number of aliphatic hydroxyl groups excluding tert-OH is 1. The van der Waals surface area contributed by atoms with Gasteiger partial charge in [0.25, 0.3) is 0 Å². The van der Waals surface area contributed by atoms with Crippen LogP contribution < -0.4 is 10.2 Å². The fourth-order valence-electron chi connectivity index (χ4n) is 0. The van der Waals surface area contributed by atoms with Crippen molar-refractivity contribution in [2.45, 2.75) is 0 Å². The molecular formula is C3H4O5Zn. The van der Waals surface area contributed by atoms with Gasteiger partial charge in [0.1, 0.15) is 0 Å². The Morgan fingerprint density at radius 3 is 1.22 bits per heavy atom. The van der Waals surface area contributed by atoms with Crippen molar-refractivity contribution in [3.05, 3.63) is 0 Å². The molecule has 9 heavy (non-hydrogen) atoms. The minimum Gasteiger partial charge on any atom is -0.543 e. The molecular weight excluding hydrogens is 181 g/mol. The summed E-state index contributed by atoms with van der Waals surface area (Å²) in [6.45, 7) is 0. The fraction of sp³-hybridized carbons (Fsp3) is 0.333. The Kier molecular flexibility index (Phi) is 18.4. The number of carbonyl (C=O) groups is 2. The molecule has 0 aliphatic heterocycles. The summed E-state index contributed by atoms with van der Waals surface area (Å²) in [5, 5.41) is 24.9. The second-order valence-corrected chi connectivity index (χ2v) is 0.575. The maximum absolute atomic E-state index is 8.93. The predicted molar refractivity (Wildman–Crippen MR) is 18.2 cm³/mol. The molecule has 0 radical (unpaired) electrons. The molecule has 0 saturated heterocycles. The first-order valence-electron chi connectivity index (χ1n) is 1.51. The van der Waals surface area contributed by atoms with Crippen molar-refractivity contribution in [1.29, 1.82) is 0 Å². The average molecular weight is 185 g/mol. The van der Waals surface area contributed by atoms with Gasteiger partial charge in [0.05, 0.1) is 11.9 Å². The number of rotatable bonds is 0. The van der Waals surface area contributed by atoms with Gasteiger partial charge in [-0.25, -0.2) is 0 Å². The average Bonchev–Trinajstić information content (AvgIpc) is 1.72. The molecule has 0 unspecified atom stereocenters. The van der Waals surface area contributed by atoms with Gasteiger partial charge in [-0.1, -0.05) is 0 Å². The first-order valence-corrected chi connectivity index (χ1v) is 1.51. The molecule has 0 aliphatic rings. The van der Waals surface area contributed by atoms with Crippen molar-refractivity contribution in [3.8, 4) is 0 Å². The van der Waals surface area contributed by atoms with Crippen LogP contribution in [-0.4, -0.2) is 24.2 Å². The van der Waals surface area contributed by atoms with E-state index in [1.54, 1.807) is 0 Å². The van der Waals surface area contributed by atoms with Crippen LogP contribution in [0.4, 0.5) is 0 Å². The number of carboxylic acids is 2. The minimum atomic E-state index is -2.19. The van der Waals surface area contributed by atoms with Crippen LogP contribution in [0.15, 0.2) is 0 Å². The molecule has 0 aromatic carbocycles. The smallest absolute Gasteiger partial charge is 0.543 e. The summed E-state index contributed by atoms with van der Waals surface area (Å²) in [5.74, 6) is -4.37. The van der Waals surface area contributed by atoms with Crippen LogP contribution in [0, 0.1) is 0 Å². The van der Waals surface area contributed by atoms with Crippen molar-refractivity contribution in [3.63, 3.8) is 0 Å². The summed E-state index contributed by atoms with van der Waals surface area (Å²) < 4.78 is 0. The van der Waals surface area contributed by atoms with E-state index >= 15 is 0 Å². The summed E-state index contributed by atoms with van der Waals surface area (Å²) >= 11 is 0. The van der Waals surface area contributed by atoms with Crippen LogP contribution >= 0.6 is 0 Å². The van der Waals surface area contributed by atoms with Gasteiger partial charge in [0.2, 0.25) is 0 Å². The van der Waals surface area contributed by atoms with Crippen molar-refractivity contribution in [1.82, 2.24) is 0 Å². The number of carboxylic acid groups (broad SMARTS) is 2. The SMILES string of the molecule is CO.O=C([O-])C(=O)[O-].[Zn+2]. The summed E-state index contributed by atoms with van der Waals surface area (Å²) in [6, 6.07) is 0. The molecule has 0 saturated carbocycles. The zero-order valence-electron chi connectivity index (χ0n) is 4.79. The fourth-order valence-corrected chi connectivity index (χ4v) is 0. The van der Waals surface area contributed by atoms with E-state index in [9.17, 15) is 0 Å². The van der Waals surface area contributed by atoms with Crippen LogP contribution in [-0.2, 0) is 29.1 Å². The zero-order valence-corrected chi connectivity index (χ0v) is 7.75. The van der Waals surface area contributed by atoms with Gasteiger partial charge >= 0.3 is 19.5 Å². The molecule has 1 N–H and O–H groups in total. The molecule has 0 rings (SSSR count). The Bertz CT molecular complexity index is 78.2. The van der Waals surface area contributed by atoms with Crippen molar-refractivity contribution >= 4 is 11.9 Å². The third kappa shape index (κ3) is 18.5. The predicted octanol–water partition coefficient (Wildman–Crippen LogP) is -3.91. The number of aliphatic carboxylic acids is 2. The molecule has 0 aromatic rings. The Hall–Kier alpha value is -0.477. The van der Waals surface area contributed by atoms with Crippen molar-refractivity contribution < 1.29 is 44.4 Å². The van der Waals surface area contributed by atoms with Gasteiger partial charge in [-0.05, 0) is 0 Å². The molecule has 0 bridgehead atoms. The van der Waals surface area contributed by atoms with Gasteiger partial charge in [0, 0.05) is 7.11 Å². The Morgan fingerprint density at radius 1 is 1.11 bits per heavy atom. The molecule has 0 fully saturated rings. The van der Waals surface area contributed by atoms with E-state index in [0.717, 1.165) is 7.11 Å². The monoisotopic (exact) mass is 184 g/mol. The van der Waals surface area contributed by atoms with E-state index < -0.39 is 11.9 Å². The summed E-state index contributed by atoms with van der Waals surface area (Å²) in [4.78, 5) is 17.9. The van der Waals surface area contributed by atoms with E-state index in [2.05, 4.69) is 0 Å². The second-order valence-electron chi connectivity index (χ2n) is 0.575. The van der Waals surface area contributed by atoms with Gasteiger partial charge in [0.15, 0.2) is 0 Å². The minimum absolute atomic E-state index is 0. The molecule has 0 heterocycles. The maximum atomic E-state index is 8.93. The first kappa shape index (κ1) is 15.8. The van der Waals surface area contributed by atoms with E-state index in [1.807, 2.05) is 0 Å². The second kappa shape index (κ2) is 10.5. The van der Waals surface area contributed by atoms with E-state index in [4.69, 9.17) is 24.9 Å². The van der Waals surface area contributed by atoms with Gasteiger partial charge in [-0.15, -0.1) is 0 Å². The van der Waals surface area contributed by atoms with Gasteiger partial charge in [-0.2, -0.15) is 0 Å². The third-order valence-corrected chi connectivity index (χ3v) is 0.167. The number of aliphatic hydroxyl groups is 1. The van der Waals surface area contributed by atoms with Crippen molar-refractivity contribution in [2.24, 2.45) is 0 Å². The number of hydrogen-bond donors (Lipinski definition) is 1. The maximum Gasteiger partial charge on any atom is 2.00 e. The van der Waals surface area contributed by atoms with Crippen LogP contribution in [0.1, 0.15) is 0 Å². The Morgan fingerprint density at radius 2 is 1.22 bits per heavy atom. The Balaban J connectivity index is -0.000000109. The summed E-state index contributed by atoms with van der Waals surface area (Å²) in [5.41, 5.74) is 0. The Labute approximate surface area is 64.1 Å². The standard InChI is InChI=1S/C2H2O4.CH4O.Zn/c3-1(4)2(5)6;1-2;/h(H,3,4)(H,5,6);2H,1H3;/q;;+2/p-2. The number of hydrogen-bond acceptors (Lipinski definition) is 5. The third-order valence-electron chi connectivity index (χ3n) is 0.167. The molecule has 0 atom stereocenters. The van der Waals surface area contributed by atoms with Crippen molar-refractivity contribution in [2.75, 3.05) is 7.11 Å². The summed E-state index contributed by atoms with van der Waals surface area (Å²) in [7, 11) is 1.00. The van der Waals surface area contributed by atoms with Crippen LogP contribution in [0.25, 0.3) is 0 Å². The van der Waals surface area contributed by atoms with Crippen LogP contribution in [0.5, 0.6) is 0 Å². The molecule has 0 aliphatic carbocycles. The van der Waals surface area contributed by atoms with E-state index in [-0.39, 0.29) is 19.5 Å². The summed E-state index contributed by atoms with van der Waals surface area (Å²) in [6.07, 6.45) is 0. The van der Waals surface area contributed by atoms with Crippen LogP contribution in [0.3, 0.4) is 0 Å². The molecule has 6 heteroatoms. The van der Waals surface area contributed by atoms with Gasteiger partial charge < -0.3 is 24.9 Å². The quantitative estimate of drug-likeness (QED) is 0.307. The van der Waals surface area contributed by atoms with Crippen LogP contribution in [0.2, 0.25) is 0 Å². The normalized spacial score (nSPS) is 5.56. The topological polar surface area (TPSA) is 100 Å². The molecule has 0 spiro atoms. The first-order chi connectivity index (χ1) is 3.64. The molecule has 48 valence electrons. The largest absolute Gasteiger partial charge is 2.00 e. The zero-order chi connectivity index (χ0) is 7.15. The molecule has 5 nitrogen and oxygen atoms in total. The number of carbonyl (C=O) groups excluding carboxylic acids is 2. The van der Waals surface area contributed by atoms with E-state index in [1.165, 1.54) is 0 Å². The molecule has 0 amide bonds. The van der Waals surface area contributed by atoms with Gasteiger partial charge in [-0.3, -0.25) is 0 Å².